The number of aromatic amines is 1. The molecule has 0 amide bonds. The van der Waals surface area contributed by atoms with E-state index in [0.717, 1.165) is 30.5 Å². The number of nitrogens with one attached hydrogen (secondary N) is 1. The minimum absolute atomic E-state index is 0.598. The molecule has 4 heteroatoms. The molecule has 1 heterocycles. The van der Waals surface area contributed by atoms with Gasteiger partial charge >= 0.3 is 0 Å². The van der Waals surface area contributed by atoms with Gasteiger partial charge in [0.1, 0.15) is 0 Å². The minimum Gasteiger partial charge on any atom is -0.330 e. The molecule has 1 rings (SSSR count). The summed E-state index contributed by atoms with van der Waals surface area (Å²) in [7, 11) is 0. The fourth-order valence-electron chi connectivity index (χ4n) is 1.20. The van der Waals surface area contributed by atoms with E-state index in [2.05, 4.69) is 17.1 Å². The quantitative estimate of drug-likeness (QED) is 0.751. The van der Waals surface area contributed by atoms with E-state index in [1.54, 1.807) is 0 Å². The second-order valence-electron chi connectivity index (χ2n) is 2.72. The summed E-state index contributed by atoms with van der Waals surface area (Å²) in [4.78, 5) is 0. The maximum absolute atomic E-state index is 5.88. The molecule has 0 unspecified atom stereocenters. The van der Waals surface area contributed by atoms with E-state index < -0.39 is 0 Å². The molecule has 0 radical (unpaired) electrons. The number of halogens is 1. The average molecular weight is 188 g/mol. The minimum atomic E-state index is 0.598. The molecule has 0 saturated carbocycles. The first-order valence-electron chi connectivity index (χ1n) is 4.21. The SMILES string of the molecule is CCc1[nH]nc(Cl)c1CCCN. The van der Waals surface area contributed by atoms with Gasteiger partial charge in [-0.2, -0.15) is 5.10 Å². The number of hydrogen-bond acceptors (Lipinski definition) is 2. The molecule has 3 nitrogen and oxygen atoms in total. The maximum atomic E-state index is 5.88. The van der Waals surface area contributed by atoms with Gasteiger partial charge in [0.25, 0.3) is 0 Å². The zero-order valence-electron chi connectivity index (χ0n) is 7.23. The van der Waals surface area contributed by atoms with Crippen LogP contribution < -0.4 is 5.73 Å². The number of aryl methyl sites for hydroxylation is 1. The van der Waals surface area contributed by atoms with E-state index in [1.807, 2.05) is 0 Å². The second-order valence-corrected chi connectivity index (χ2v) is 3.08. The highest BCUT2D eigenvalue weighted by Gasteiger charge is 2.08. The molecule has 0 aliphatic heterocycles. The van der Waals surface area contributed by atoms with Crippen LogP contribution in [0.15, 0.2) is 0 Å². The van der Waals surface area contributed by atoms with Crippen molar-refractivity contribution in [3.63, 3.8) is 0 Å². The second kappa shape index (κ2) is 4.48. The molecular formula is C8H14ClN3. The van der Waals surface area contributed by atoms with Crippen molar-refractivity contribution in [2.45, 2.75) is 26.2 Å². The highest BCUT2D eigenvalue weighted by Crippen LogP contribution is 2.18. The normalized spacial score (nSPS) is 10.6. The monoisotopic (exact) mass is 187 g/mol. The fourth-order valence-corrected chi connectivity index (χ4v) is 1.45. The van der Waals surface area contributed by atoms with E-state index in [-0.39, 0.29) is 0 Å². The number of hydrogen-bond donors (Lipinski definition) is 2. The van der Waals surface area contributed by atoms with Crippen LogP contribution in [0.5, 0.6) is 0 Å². The fraction of sp³-hybridized carbons (Fsp3) is 0.625. The highest BCUT2D eigenvalue weighted by atomic mass is 35.5. The lowest BCUT2D eigenvalue weighted by atomic mass is 10.1. The van der Waals surface area contributed by atoms with Crippen molar-refractivity contribution >= 4 is 11.6 Å². The first-order valence-corrected chi connectivity index (χ1v) is 4.59. The van der Waals surface area contributed by atoms with Gasteiger partial charge in [-0.05, 0) is 25.8 Å². The molecule has 1 aromatic heterocycles. The third-order valence-corrected chi connectivity index (χ3v) is 2.20. The van der Waals surface area contributed by atoms with E-state index >= 15 is 0 Å². The zero-order chi connectivity index (χ0) is 8.97. The van der Waals surface area contributed by atoms with Crippen molar-refractivity contribution < 1.29 is 0 Å². The lowest BCUT2D eigenvalue weighted by molar-refractivity contribution is 0.821. The number of H-pyrrole nitrogens is 1. The van der Waals surface area contributed by atoms with Crippen LogP contribution >= 0.6 is 11.6 Å². The average Bonchev–Trinajstić information content (AvgIpc) is 2.43. The van der Waals surface area contributed by atoms with Crippen molar-refractivity contribution in [1.29, 1.82) is 0 Å². The standard InChI is InChI=1S/C8H14ClN3/c1-2-7-6(4-3-5-10)8(9)12-11-7/h2-5,10H2,1H3,(H,11,12). The van der Waals surface area contributed by atoms with Gasteiger partial charge in [-0.3, -0.25) is 5.10 Å². The summed E-state index contributed by atoms with van der Waals surface area (Å²) >= 11 is 5.88. The molecule has 1 aromatic rings. The lowest BCUT2D eigenvalue weighted by Gasteiger charge is -1.98. The predicted molar refractivity (Wildman–Crippen MR) is 50.4 cm³/mol. The molecular weight excluding hydrogens is 174 g/mol. The Hall–Kier alpha value is -0.540. The molecule has 68 valence electrons. The van der Waals surface area contributed by atoms with E-state index in [9.17, 15) is 0 Å². The Morgan fingerprint density at radius 3 is 2.92 bits per heavy atom. The van der Waals surface area contributed by atoms with E-state index in [4.69, 9.17) is 17.3 Å². The maximum Gasteiger partial charge on any atom is 0.154 e. The van der Waals surface area contributed by atoms with Crippen LogP contribution in [-0.4, -0.2) is 16.7 Å². The van der Waals surface area contributed by atoms with Crippen LogP contribution in [-0.2, 0) is 12.8 Å². The Labute approximate surface area is 77.3 Å². The third kappa shape index (κ3) is 1.99. The van der Waals surface area contributed by atoms with Gasteiger partial charge in [0.05, 0.1) is 0 Å². The summed E-state index contributed by atoms with van der Waals surface area (Å²) in [6, 6.07) is 0. The van der Waals surface area contributed by atoms with Gasteiger partial charge in [0.2, 0.25) is 0 Å². The van der Waals surface area contributed by atoms with Gasteiger partial charge < -0.3 is 5.73 Å². The van der Waals surface area contributed by atoms with Crippen LogP contribution in [0.2, 0.25) is 5.15 Å². The molecule has 0 atom stereocenters. The summed E-state index contributed by atoms with van der Waals surface area (Å²) in [6.07, 6.45) is 2.83. The molecule has 0 aliphatic rings. The van der Waals surface area contributed by atoms with E-state index in [0.29, 0.717) is 11.7 Å². The first kappa shape index (κ1) is 9.55. The van der Waals surface area contributed by atoms with Crippen LogP contribution in [0.3, 0.4) is 0 Å². The summed E-state index contributed by atoms with van der Waals surface area (Å²) in [5.41, 5.74) is 7.68. The molecule has 12 heavy (non-hydrogen) atoms. The topological polar surface area (TPSA) is 54.7 Å². The van der Waals surface area contributed by atoms with Crippen molar-refractivity contribution in [3.05, 3.63) is 16.4 Å². The van der Waals surface area contributed by atoms with Crippen molar-refractivity contribution in [2.75, 3.05) is 6.54 Å². The first-order chi connectivity index (χ1) is 5.79. The molecule has 0 spiro atoms. The Bertz CT molecular complexity index is 244. The van der Waals surface area contributed by atoms with Crippen molar-refractivity contribution in [3.8, 4) is 0 Å². The van der Waals surface area contributed by atoms with Gasteiger partial charge in [0, 0.05) is 11.3 Å². The largest absolute Gasteiger partial charge is 0.330 e. The van der Waals surface area contributed by atoms with Gasteiger partial charge in [-0.25, -0.2) is 0 Å². The van der Waals surface area contributed by atoms with Gasteiger partial charge in [-0.1, -0.05) is 18.5 Å². The molecule has 0 aromatic carbocycles. The summed E-state index contributed by atoms with van der Waals surface area (Å²) in [6.45, 7) is 2.78. The Kier molecular flexibility index (Phi) is 3.56. The number of aromatic nitrogens is 2. The van der Waals surface area contributed by atoms with E-state index in [1.165, 1.54) is 0 Å². The number of rotatable bonds is 4. The van der Waals surface area contributed by atoms with Crippen LogP contribution in [0, 0.1) is 0 Å². The molecule has 0 fully saturated rings. The van der Waals surface area contributed by atoms with Crippen LogP contribution in [0.25, 0.3) is 0 Å². The summed E-state index contributed by atoms with van der Waals surface area (Å²) in [5, 5.41) is 7.45. The van der Waals surface area contributed by atoms with Crippen LogP contribution in [0.4, 0.5) is 0 Å². The third-order valence-electron chi connectivity index (χ3n) is 1.89. The van der Waals surface area contributed by atoms with Crippen molar-refractivity contribution in [1.82, 2.24) is 10.2 Å². The smallest absolute Gasteiger partial charge is 0.154 e. The predicted octanol–water partition coefficient (Wildman–Crippen LogP) is 1.52. The highest BCUT2D eigenvalue weighted by molar-refractivity contribution is 6.30. The number of nitrogens with two attached hydrogens (primary N) is 1. The van der Waals surface area contributed by atoms with Gasteiger partial charge in [0.15, 0.2) is 5.15 Å². The Morgan fingerprint density at radius 2 is 2.33 bits per heavy atom. The Balaban J connectivity index is 2.72. The summed E-state index contributed by atoms with van der Waals surface area (Å²) < 4.78 is 0. The summed E-state index contributed by atoms with van der Waals surface area (Å²) in [5.74, 6) is 0. The molecule has 0 aliphatic carbocycles. The molecule has 3 N–H and O–H groups in total. The Morgan fingerprint density at radius 1 is 1.58 bits per heavy atom. The molecule has 0 bridgehead atoms. The van der Waals surface area contributed by atoms with Crippen LogP contribution in [0.1, 0.15) is 24.6 Å². The number of nitrogens with zero attached hydrogens (tertiary/aromatic N) is 1. The lowest BCUT2D eigenvalue weighted by Crippen LogP contribution is -2.01. The zero-order valence-corrected chi connectivity index (χ0v) is 7.99. The van der Waals surface area contributed by atoms with Gasteiger partial charge in [-0.15, -0.1) is 0 Å². The molecule has 0 saturated heterocycles. The van der Waals surface area contributed by atoms with Crippen molar-refractivity contribution in [2.24, 2.45) is 5.73 Å².